The summed E-state index contributed by atoms with van der Waals surface area (Å²) in [6.07, 6.45) is 0. The minimum absolute atomic E-state index is 0.0719. The zero-order valence-corrected chi connectivity index (χ0v) is 13.3. The van der Waals surface area contributed by atoms with E-state index in [9.17, 15) is 18.0 Å². The summed E-state index contributed by atoms with van der Waals surface area (Å²) in [5.74, 6) is -2.08. The van der Waals surface area contributed by atoms with Gasteiger partial charge in [-0.15, -0.1) is 11.3 Å². The van der Waals surface area contributed by atoms with Crippen LogP contribution in [0.15, 0.2) is 40.6 Å². The third-order valence-corrected chi connectivity index (χ3v) is 5.54. The normalized spacial score (nSPS) is 11.1. The Kier molecular flexibility index (Phi) is 4.62. The molecule has 0 radical (unpaired) electrons. The molecule has 8 heteroatoms. The average molecular weight is 338 g/mol. The molecule has 22 heavy (non-hydrogen) atoms. The quantitative estimate of drug-likeness (QED) is 0.863. The van der Waals surface area contributed by atoms with Crippen molar-refractivity contribution < 1.29 is 18.0 Å². The molecule has 0 bridgehead atoms. The largest absolute Gasteiger partial charge is 0.365 e. The van der Waals surface area contributed by atoms with Crippen molar-refractivity contribution in [1.29, 1.82) is 0 Å². The van der Waals surface area contributed by atoms with E-state index in [1.165, 1.54) is 12.1 Å². The molecule has 2 rings (SSSR count). The highest BCUT2D eigenvalue weighted by Crippen LogP contribution is 2.27. The summed E-state index contributed by atoms with van der Waals surface area (Å²) in [5, 5.41) is 4.37. The van der Waals surface area contributed by atoms with Crippen molar-refractivity contribution in [3.8, 4) is 0 Å². The average Bonchev–Trinajstić information content (AvgIpc) is 2.80. The number of carbonyl (C=O) groups excluding carboxylic acids is 2. The fourth-order valence-electron chi connectivity index (χ4n) is 1.89. The predicted octanol–water partition coefficient (Wildman–Crippen LogP) is 1.57. The van der Waals surface area contributed by atoms with Crippen molar-refractivity contribution in [2.24, 2.45) is 5.73 Å². The summed E-state index contributed by atoms with van der Waals surface area (Å²) in [4.78, 5) is 23.4. The van der Waals surface area contributed by atoms with E-state index in [1.54, 1.807) is 30.5 Å². The molecule has 6 nitrogen and oxygen atoms in total. The number of nitrogens with two attached hydrogens (primary N) is 1. The molecule has 2 aromatic rings. The highest BCUT2D eigenvalue weighted by molar-refractivity contribution is 7.92. The summed E-state index contributed by atoms with van der Waals surface area (Å²) < 4.78 is 24.2. The van der Waals surface area contributed by atoms with Crippen LogP contribution >= 0.6 is 11.3 Å². The van der Waals surface area contributed by atoms with E-state index in [1.807, 2.05) is 0 Å². The van der Waals surface area contributed by atoms with Gasteiger partial charge in [-0.3, -0.25) is 9.59 Å². The molecule has 1 aromatic carbocycles. The predicted molar refractivity (Wildman–Crippen MR) is 84.7 cm³/mol. The summed E-state index contributed by atoms with van der Waals surface area (Å²) in [6.45, 7) is 1.69. The van der Waals surface area contributed by atoms with Crippen molar-refractivity contribution in [1.82, 2.24) is 0 Å². The van der Waals surface area contributed by atoms with E-state index in [4.69, 9.17) is 5.73 Å². The molecule has 0 aliphatic rings. The SMILES string of the molecule is Cc1csc(NC(=O)CS(=O)(=O)c2ccccc2)c1C(N)=O. The topological polar surface area (TPSA) is 106 Å². The number of hydrogen-bond donors (Lipinski definition) is 2. The van der Waals surface area contributed by atoms with E-state index in [2.05, 4.69) is 5.32 Å². The van der Waals surface area contributed by atoms with E-state index in [-0.39, 0.29) is 15.5 Å². The lowest BCUT2D eigenvalue weighted by Crippen LogP contribution is -2.24. The van der Waals surface area contributed by atoms with Crippen LogP contribution in [-0.2, 0) is 14.6 Å². The van der Waals surface area contributed by atoms with Gasteiger partial charge in [-0.2, -0.15) is 0 Å². The Morgan fingerprint density at radius 3 is 2.45 bits per heavy atom. The summed E-state index contributed by atoms with van der Waals surface area (Å²) in [6, 6.07) is 7.70. The molecule has 0 aliphatic heterocycles. The van der Waals surface area contributed by atoms with E-state index in [0.29, 0.717) is 5.56 Å². The molecule has 0 aliphatic carbocycles. The van der Waals surface area contributed by atoms with Crippen molar-refractivity contribution >= 4 is 38.0 Å². The lowest BCUT2D eigenvalue weighted by Gasteiger charge is -2.06. The van der Waals surface area contributed by atoms with Gasteiger partial charge >= 0.3 is 0 Å². The first-order valence-corrected chi connectivity index (χ1v) is 8.80. The number of amides is 2. The van der Waals surface area contributed by atoms with Crippen molar-refractivity contribution in [2.45, 2.75) is 11.8 Å². The molecule has 1 heterocycles. The molecule has 0 unspecified atom stereocenters. The maximum Gasteiger partial charge on any atom is 0.251 e. The Morgan fingerprint density at radius 2 is 1.86 bits per heavy atom. The van der Waals surface area contributed by atoms with Crippen LogP contribution in [0.5, 0.6) is 0 Å². The molecular formula is C14H14N2O4S2. The first kappa shape index (κ1) is 16.2. The highest BCUT2D eigenvalue weighted by atomic mass is 32.2. The van der Waals surface area contributed by atoms with E-state index < -0.39 is 27.4 Å². The summed E-state index contributed by atoms with van der Waals surface area (Å²) >= 11 is 1.13. The van der Waals surface area contributed by atoms with E-state index >= 15 is 0 Å². The Hall–Kier alpha value is -2.19. The summed E-state index contributed by atoms with van der Waals surface area (Å²) in [7, 11) is -3.73. The third-order valence-electron chi connectivity index (χ3n) is 2.90. The van der Waals surface area contributed by atoms with Gasteiger partial charge < -0.3 is 11.1 Å². The van der Waals surface area contributed by atoms with Crippen LogP contribution < -0.4 is 11.1 Å². The summed E-state index contributed by atoms with van der Waals surface area (Å²) in [5.41, 5.74) is 6.09. The third kappa shape index (κ3) is 3.52. The maximum atomic E-state index is 12.1. The Morgan fingerprint density at radius 1 is 1.23 bits per heavy atom. The van der Waals surface area contributed by atoms with Crippen LogP contribution in [0.3, 0.4) is 0 Å². The molecule has 0 saturated heterocycles. The number of carbonyl (C=O) groups is 2. The van der Waals surface area contributed by atoms with Crippen LogP contribution in [0.25, 0.3) is 0 Å². The zero-order chi connectivity index (χ0) is 16.3. The van der Waals surface area contributed by atoms with Gasteiger partial charge in [-0.1, -0.05) is 18.2 Å². The zero-order valence-electron chi connectivity index (χ0n) is 11.7. The van der Waals surface area contributed by atoms with Crippen LogP contribution in [0, 0.1) is 6.92 Å². The number of sulfone groups is 1. The van der Waals surface area contributed by atoms with Gasteiger partial charge in [0.25, 0.3) is 5.91 Å². The second kappa shape index (κ2) is 6.29. The molecule has 0 fully saturated rings. The molecule has 0 atom stereocenters. The number of nitrogens with one attached hydrogen (secondary N) is 1. The maximum absolute atomic E-state index is 12.1. The Labute approximate surface area is 131 Å². The van der Waals surface area contributed by atoms with E-state index in [0.717, 1.165) is 11.3 Å². The van der Waals surface area contributed by atoms with Crippen LogP contribution in [0.4, 0.5) is 5.00 Å². The second-order valence-corrected chi connectivity index (χ2v) is 7.48. The van der Waals surface area contributed by atoms with Gasteiger partial charge in [0, 0.05) is 0 Å². The standard InChI is InChI=1S/C14H14N2O4S2/c1-9-7-21-14(12(9)13(15)18)16-11(17)8-22(19,20)10-5-3-2-4-6-10/h2-7H,8H2,1H3,(H2,15,18)(H,16,17). The Bertz CT molecular complexity index is 811. The first-order chi connectivity index (χ1) is 10.3. The molecule has 3 N–H and O–H groups in total. The number of anilines is 1. The number of aryl methyl sites for hydroxylation is 1. The van der Waals surface area contributed by atoms with Crippen LogP contribution in [0.2, 0.25) is 0 Å². The molecule has 2 amide bonds. The first-order valence-electron chi connectivity index (χ1n) is 6.27. The van der Waals surface area contributed by atoms with Crippen LogP contribution in [0.1, 0.15) is 15.9 Å². The van der Waals surface area contributed by atoms with Gasteiger partial charge in [0.1, 0.15) is 10.8 Å². The van der Waals surface area contributed by atoms with Gasteiger partial charge in [-0.25, -0.2) is 8.42 Å². The van der Waals surface area contributed by atoms with Gasteiger partial charge in [-0.05, 0) is 30.0 Å². The fraction of sp³-hybridized carbons (Fsp3) is 0.143. The van der Waals surface area contributed by atoms with Gasteiger partial charge in [0.15, 0.2) is 9.84 Å². The lowest BCUT2D eigenvalue weighted by atomic mass is 10.2. The Balaban J connectivity index is 2.16. The molecule has 0 spiro atoms. The molecular weight excluding hydrogens is 324 g/mol. The number of primary amides is 1. The number of thiophene rings is 1. The smallest absolute Gasteiger partial charge is 0.251 e. The van der Waals surface area contributed by atoms with Crippen molar-refractivity contribution in [3.63, 3.8) is 0 Å². The van der Waals surface area contributed by atoms with Crippen LogP contribution in [-0.4, -0.2) is 26.0 Å². The van der Waals surface area contributed by atoms with Gasteiger partial charge in [0.05, 0.1) is 10.5 Å². The van der Waals surface area contributed by atoms with Crippen molar-refractivity contribution in [3.05, 3.63) is 46.8 Å². The molecule has 0 saturated carbocycles. The monoisotopic (exact) mass is 338 g/mol. The minimum atomic E-state index is -3.73. The number of hydrogen-bond acceptors (Lipinski definition) is 5. The molecule has 1 aromatic heterocycles. The second-order valence-electron chi connectivity index (χ2n) is 4.61. The minimum Gasteiger partial charge on any atom is -0.365 e. The molecule has 116 valence electrons. The van der Waals surface area contributed by atoms with Gasteiger partial charge in [0.2, 0.25) is 5.91 Å². The fourth-order valence-corrected chi connectivity index (χ4v) is 4.01. The lowest BCUT2D eigenvalue weighted by molar-refractivity contribution is -0.113. The van der Waals surface area contributed by atoms with Crippen molar-refractivity contribution in [2.75, 3.05) is 11.1 Å². The highest BCUT2D eigenvalue weighted by Gasteiger charge is 2.21. The number of benzene rings is 1. The number of rotatable bonds is 5.